The number of aliphatic hydroxyl groups excluding tert-OH is 1. The molecule has 23 heavy (non-hydrogen) atoms. The molecule has 1 aliphatic heterocycles. The Morgan fingerprint density at radius 1 is 1.35 bits per heavy atom. The molecular weight excluding hydrogens is 292 g/mol. The monoisotopic (exact) mass is 314 g/mol. The zero-order valence-electron chi connectivity index (χ0n) is 13.5. The lowest BCUT2D eigenvalue weighted by Gasteiger charge is -2.39. The Kier molecular flexibility index (Phi) is 4.43. The van der Waals surface area contributed by atoms with Crippen LogP contribution in [0.1, 0.15) is 35.7 Å². The maximum absolute atomic E-state index is 13.1. The summed E-state index contributed by atoms with van der Waals surface area (Å²) in [4.78, 5) is 16.4. The van der Waals surface area contributed by atoms with Gasteiger partial charge in [-0.05, 0) is 37.8 Å². The van der Waals surface area contributed by atoms with Crippen molar-refractivity contribution in [2.75, 3.05) is 13.2 Å². The molecule has 122 valence electrons. The number of benzene rings is 1. The fourth-order valence-corrected chi connectivity index (χ4v) is 3.27. The lowest BCUT2D eigenvalue weighted by molar-refractivity contribution is 0.0358. The maximum Gasteiger partial charge on any atom is 0.256 e. The minimum absolute atomic E-state index is 0.00588. The van der Waals surface area contributed by atoms with Crippen molar-refractivity contribution in [3.05, 3.63) is 41.7 Å². The van der Waals surface area contributed by atoms with E-state index in [0.717, 1.165) is 18.4 Å². The average molecular weight is 314 g/mol. The quantitative estimate of drug-likeness (QED) is 0.938. The number of aryl methyl sites for hydroxylation is 1. The molecule has 0 aliphatic carbocycles. The molecule has 0 unspecified atom stereocenters. The van der Waals surface area contributed by atoms with Gasteiger partial charge < -0.3 is 10.0 Å². The molecule has 6 heteroatoms. The molecule has 6 nitrogen and oxygen atoms in total. The first-order valence-corrected chi connectivity index (χ1v) is 8.01. The van der Waals surface area contributed by atoms with Crippen LogP contribution in [-0.2, 0) is 0 Å². The van der Waals surface area contributed by atoms with Crippen LogP contribution in [0.15, 0.2) is 30.6 Å². The fourth-order valence-electron chi connectivity index (χ4n) is 3.27. The van der Waals surface area contributed by atoms with Gasteiger partial charge in [0.05, 0.1) is 36.3 Å². The lowest BCUT2D eigenvalue weighted by Crippen LogP contribution is -2.49. The van der Waals surface area contributed by atoms with E-state index in [1.165, 1.54) is 4.80 Å². The number of carbonyl (C=O) groups is 1. The Morgan fingerprint density at radius 2 is 2.09 bits per heavy atom. The standard InChI is InChI=1S/C17H22N4O2/c1-12-5-6-15(21-18-7-8-19-21)14(10-12)17(23)20-9-3-4-13(2)16(20)11-22/h5-8,10,13,16,22H,3-4,9,11H2,1-2H3/t13-,16-/m1/s1. The zero-order valence-corrected chi connectivity index (χ0v) is 13.5. The number of hydrogen-bond acceptors (Lipinski definition) is 4. The summed E-state index contributed by atoms with van der Waals surface area (Å²) in [5, 5.41) is 18.0. The number of hydrogen-bond donors (Lipinski definition) is 1. The predicted molar refractivity (Wildman–Crippen MR) is 86.4 cm³/mol. The number of rotatable bonds is 3. The predicted octanol–water partition coefficient (Wildman–Crippen LogP) is 1.81. The van der Waals surface area contributed by atoms with Gasteiger partial charge >= 0.3 is 0 Å². The summed E-state index contributed by atoms with van der Waals surface area (Å²) in [5.74, 6) is 0.236. The smallest absolute Gasteiger partial charge is 0.256 e. The second-order valence-corrected chi connectivity index (χ2v) is 6.21. The van der Waals surface area contributed by atoms with Crippen LogP contribution in [0, 0.1) is 12.8 Å². The molecule has 1 fully saturated rings. The van der Waals surface area contributed by atoms with Crippen LogP contribution in [0.5, 0.6) is 0 Å². The Morgan fingerprint density at radius 3 is 2.78 bits per heavy atom. The van der Waals surface area contributed by atoms with Gasteiger partial charge in [-0.25, -0.2) is 0 Å². The molecule has 0 spiro atoms. The van der Waals surface area contributed by atoms with E-state index in [9.17, 15) is 9.90 Å². The molecule has 3 rings (SSSR count). The second kappa shape index (κ2) is 6.50. The van der Waals surface area contributed by atoms with Gasteiger partial charge in [0, 0.05) is 6.54 Å². The number of amides is 1. The molecular formula is C17H22N4O2. The van der Waals surface area contributed by atoms with Crippen molar-refractivity contribution in [3.63, 3.8) is 0 Å². The molecule has 1 saturated heterocycles. The zero-order chi connectivity index (χ0) is 16.4. The third-order valence-electron chi connectivity index (χ3n) is 4.58. The highest BCUT2D eigenvalue weighted by Gasteiger charge is 2.33. The topological polar surface area (TPSA) is 71.2 Å². The number of aliphatic hydroxyl groups is 1. The van der Waals surface area contributed by atoms with Crippen LogP contribution in [0.2, 0.25) is 0 Å². The molecule has 2 aromatic rings. The largest absolute Gasteiger partial charge is 0.394 e. The Hall–Kier alpha value is -2.21. The Bertz CT molecular complexity index is 684. The molecule has 1 aromatic heterocycles. The van der Waals surface area contributed by atoms with Crippen LogP contribution in [0.25, 0.3) is 5.69 Å². The minimum atomic E-state index is -0.129. The van der Waals surface area contributed by atoms with Crippen molar-refractivity contribution in [1.82, 2.24) is 19.9 Å². The summed E-state index contributed by atoms with van der Waals surface area (Å²) in [6.07, 6.45) is 5.18. The van der Waals surface area contributed by atoms with Crippen LogP contribution in [0.3, 0.4) is 0 Å². The molecule has 2 heterocycles. The van der Waals surface area contributed by atoms with Gasteiger partial charge in [0.15, 0.2) is 0 Å². The molecule has 1 aliphatic rings. The van der Waals surface area contributed by atoms with Crippen molar-refractivity contribution in [2.24, 2.45) is 5.92 Å². The Labute approximate surface area is 135 Å². The lowest BCUT2D eigenvalue weighted by atomic mass is 9.90. The summed E-state index contributed by atoms with van der Waals surface area (Å²) in [6.45, 7) is 4.72. The van der Waals surface area contributed by atoms with Crippen LogP contribution < -0.4 is 0 Å². The average Bonchev–Trinajstić information content (AvgIpc) is 3.08. The van der Waals surface area contributed by atoms with Gasteiger partial charge in [0.1, 0.15) is 0 Å². The first-order valence-electron chi connectivity index (χ1n) is 8.01. The number of carbonyl (C=O) groups excluding carboxylic acids is 1. The molecule has 1 amide bonds. The minimum Gasteiger partial charge on any atom is -0.394 e. The molecule has 2 atom stereocenters. The first-order chi connectivity index (χ1) is 11.1. The van der Waals surface area contributed by atoms with Crippen LogP contribution in [-0.4, -0.2) is 50.1 Å². The second-order valence-electron chi connectivity index (χ2n) is 6.21. The summed E-state index contributed by atoms with van der Waals surface area (Å²) in [6, 6.07) is 5.55. The van der Waals surface area contributed by atoms with Crippen molar-refractivity contribution < 1.29 is 9.90 Å². The summed E-state index contributed by atoms with van der Waals surface area (Å²) < 4.78 is 0. The number of nitrogens with zero attached hydrogens (tertiary/aromatic N) is 4. The number of piperidine rings is 1. The highest BCUT2D eigenvalue weighted by atomic mass is 16.3. The highest BCUT2D eigenvalue weighted by Crippen LogP contribution is 2.26. The van der Waals surface area contributed by atoms with Crippen LogP contribution in [0.4, 0.5) is 0 Å². The summed E-state index contributed by atoms with van der Waals surface area (Å²) in [7, 11) is 0. The van der Waals surface area contributed by atoms with E-state index in [0.29, 0.717) is 23.7 Å². The van der Waals surface area contributed by atoms with Gasteiger partial charge in [-0.15, -0.1) is 0 Å². The summed E-state index contributed by atoms with van der Waals surface area (Å²) in [5.41, 5.74) is 2.25. The first kappa shape index (κ1) is 15.7. The van der Waals surface area contributed by atoms with Crippen molar-refractivity contribution >= 4 is 5.91 Å². The van der Waals surface area contributed by atoms with E-state index in [1.54, 1.807) is 17.3 Å². The molecule has 0 bridgehead atoms. The molecule has 1 aromatic carbocycles. The fraction of sp³-hybridized carbons (Fsp3) is 0.471. The SMILES string of the molecule is Cc1ccc(-n2nccn2)c(C(=O)N2CCC[C@@H](C)[C@H]2CO)c1. The molecule has 0 radical (unpaired) electrons. The molecule has 0 saturated carbocycles. The third-order valence-corrected chi connectivity index (χ3v) is 4.58. The van der Waals surface area contributed by atoms with Crippen molar-refractivity contribution in [3.8, 4) is 5.69 Å². The highest BCUT2D eigenvalue weighted by molar-refractivity contribution is 5.98. The molecule has 1 N–H and O–H groups in total. The van der Waals surface area contributed by atoms with Gasteiger partial charge in [0.25, 0.3) is 5.91 Å². The normalized spacial score (nSPS) is 21.4. The number of aromatic nitrogens is 3. The van der Waals surface area contributed by atoms with Gasteiger partial charge in [-0.3, -0.25) is 4.79 Å². The van der Waals surface area contributed by atoms with Gasteiger partial charge in [-0.1, -0.05) is 18.6 Å². The van der Waals surface area contributed by atoms with E-state index in [4.69, 9.17) is 0 Å². The van der Waals surface area contributed by atoms with E-state index >= 15 is 0 Å². The van der Waals surface area contributed by atoms with E-state index in [-0.39, 0.29) is 18.6 Å². The maximum atomic E-state index is 13.1. The summed E-state index contributed by atoms with van der Waals surface area (Å²) >= 11 is 0. The Balaban J connectivity index is 2.00. The van der Waals surface area contributed by atoms with Gasteiger partial charge in [-0.2, -0.15) is 15.0 Å². The van der Waals surface area contributed by atoms with Crippen molar-refractivity contribution in [1.29, 1.82) is 0 Å². The van der Waals surface area contributed by atoms with E-state index in [2.05, 4.69) is 17.1 Å². The third kappa shape index (κ3) is 2.99. The van der Waals surface area contributed by atoms with E-state index in [1.807, 2.05) is 25.1 Å². The van der Waals surface area contributed by atoms with Crippen molar-refractivity contribution in [2.45, 2.75) is 32.7 Å². The van der Waals surface area contributed by atoms with Gasteiger partial charge in [0.2, 0.25) is 0 Å². The van der Waals surface area contributed by atoms with Crippen LogP contribution >= 0.6 is 0 Å². The number of likely N-dealkylation sites (tertiary alicyclic amines) is 1. The van der Waals surface area contributed by atoms with E-state index < -0.39 is 0 Å².